The summed E-state index contributed by atoms with van der Waals surface area (Å²) < 4.78 is 13.6. The molecule has 0 spiro atoms. The fourth-order valence-electron chi connectivity index (χ4n) is 6.54. The van der Waals surface area contributed by atoms with E-state index < -0.39 is 0 Å². The minimum absolute atomic E-state index is 0.0162. The summed E-state index contributed by atoms with van der Waals surface area (Å²) in [5.41, 5.74) is 5.81. The smallest absolute Gasteiger partial charge is 0.254 e. The van der Waals surface area contributed by atoms with Gasteiger partial charge in [0.05, 0.1) is 35.3 Å². The van der Waals surface area contributed by atoms with Crippen molar-refractivity contribution in [3.63, 3.8) is 0 Å². The Labute approximate surface area is 251 Å². The largest absolute Gasteiger partial charge is 0.333 e. The van der Waals surface area contributed by atoms with Gasteiger partial charge in [-0.05, 0) is 66.9 Å². The number of halogens is 1. The van der Waals surface area contributed by atoms with Gasteiger partial charge < -0.3 is 15.1 Å². The van der Waals surface area contributed by atoms with E-state index in [0.29, 0.717) is 50.3 Å². The van der Waals surface area contributed by atoms with Crippen LogP contribution in [0.1, 0.15) is 64.8 Å². The predicted octanol–water partition coefficient (Wildman–Crippen LogP) is 3.33. The van der Waals surface area contributed by atoms with Gasteiger partial charge in [0, 0.05) is 62.2 Å². The molecule has 9 nitrogen and oxygen atoms in total. The number of anilines is 1. The lowest BCUT2D eigenvalue weighted by Gasteiger charge is -2.41. The first-order chi connectivity index (χ1) is 20.5. The third-order valence-electron chi connectivity index (χ3n) is 8.90. The first-order valence-corrected chi connectivity index (χ1v) is 14.7. The van der Waals surface area contributed by atoms with E-state index in [1.807, 2.05) is 22.8 Å². The van der Waals surface area contributed by atoms with Gasteiger partial charge in [-0.15, -0.1) is 0 Å². The number of hydrogen-bond donors (Lipinski definition) is 1. The molecule has 6 rings (SSSR count). The van der Waals surface area contributed by atoms with E-state index in [4.69, 9.17) is 0 Å². The van der Waals surface area contributed by atoms with Gasteiger partial charge in [-0.1, -0.05) is 19.9 Å². The van der Waals surface area contributed by atoms with Crippen molar-refractivity contribution < 1.29 is 14.0 Å². The van der Waals surface area contributed by atoms with Crippen LogP contribution in [0.4, 0.5) is 10.1 Å². The molecule has 1 N–H and O–H groups in total. The molecule has 0 bridgehead atoms. The van der Waals surface area contributed by atoms with Crippen molar-refractivity contribution in [1.82, 2.24) is 25.3 Å². The summed E-state index contributed by atoms with van der Waals surface area (Å²) >= 11 is 0. The second kappa shape index (κ2) is 11.1. The number of piperazine rings is 1. The molecular weight excluding hydrogens is 545 g/mol. The predicted molar refractivity (Wildman–Crippen MR) is 160 cm³/mol. The Morgan fingerprint density at radius 1 is 1.19 bits per heavy atom. The maximum absolute atomic E-state index is 14.0. The van der Waals surface area contributed by atoms with Crippen LogP contribution in [0.3, 0.4) is 0 Å². The van der Waals surface area contributed by atoms with E-state index in [9.17, 15) is 19.2 Å². The highest BCUT2D eigenvalue weighted by Gasteiger charge is 2.42. The highest BCUT2D eigenvalue weighted by Crippen LogP contribution is 2.39. The molecule has 1 aromatic heterocycles. The number of rotatable bonds is 6. The molecule has 4 heterocycles. The summed E-state index contributed by atoms with van der Waals surface area (Å²) in [6.45, 7) is 11.1. The highest BCUT2D eigenvalue weighted by molar-refractivity contribution is 5.99. The van der Waals surface area contributed by atoms with E-state index >= 15 is 0 Å². The highest BCUT2D eigenvalue weighted by atomic mass is 19.1. The van der Waals surface area contributed by atoms with Crippen LogP contribution in [0.5, 0.6) is 0 Å². The zero-order chi connectivity index (χ0) is 30.5. The number of nitrogens with zero attached hydrogens (tertiary/aromatic N) is 6. The molecule has 2 amide bonds. The molecule has 0 unspecified atom stereocenters. The molecule has 222 valence electrons. The van der Waals surface area contributed by atoms with Crippen LogP contribution in [0.15, 0.2) is 42.5 Å². The molecule has 1 fully saturated rings. The second-order valence-electron chi connectivity index (χ2n) is 12.7. The van der Waals surface area contributed by atoms with Crippen molar-refractivity contribution in [3.05, 3.63) is 87.5 Å². The molecule has 2 atom stereocenters. The minimum Gasteiger partial charge on any atom is -0.333 e. The summed E-state index contributed by atoms with van der Waals surface area (Å²) in [6, 6.07) is 14.2. The molecule has 0 saturated carbocycles. The van der Waals surface area contributed by atoms with Crippen LogP contribution in [0.25, 0.3) is 0 Å². The van der Waals surface area contributed by atoms with Crippen LogP contribution in [0.2, 0.25) is 0 Å². The second-order valence-corrected chi connectivity index (χ2v) is 12.7. The Hall–Kier alpha value is -4.20. The number of amides is 2. The normalized spacial score (nSPS) is 21.1. The van der Waals surface area contributed by atoms with Gasteiger partial charge >= 0.3 is 0 Å². The maximum atomic E-state index is 14.0. The van der Waals surface area contributed by atoms with Gasteiger partial charge in [0.15, 0.2) is 0 Å². The summed E-state index contributed by atoms with van der Waals surface area (Å²) in [5.74, 6) is -0.327. The first kappa shape index (κ1) is 28.9. The standard InChI is InChI=1S/C33H36FN7O2/c1-20-9-25(34)7-6-23(20)11-26-12-29-31(38-37-26)33(3,4)19-41(29)30(42)18-39-15-21(2)36-14-27(39)17-40-16-24-10-22(13-35)5-8-28(24)32(40)43/h5-10,12,21,27,36H,11,14-19H2,1-4H3/t21-,27-/m1/s1. The number of nitriles is 1. The van der Waals surface area contributed by atoms with Gasteiger partial charge in [-0.3, -0.25) is 14.5 Å². The maximum Gasteiger partial charge on any atom is 0.254 e. The Kier molecular flexibility index (Phi) is 7.48. The molecule has 1 saturated heterocycles. The van der Waals surface area contributed by atoms with Gasteiger partial charge in [-0.25, -0.2) is 4.39 Å². The fourth-order valence-corrected chi connectivity index (χ4v) is 6.54. The summed E-state index contributed by atoms with van der Waals surface area (Å²) in [4.78, 5) is 33.0. The topological polar surface area (TPSA) is 105 Å². The molecule has 0 radical (unpaired) electrons. The fraction of sp³-hybridized carbons (Fsp3) is 0.424. The van der Waals surface area contributed by atoms with E-state index in [1.54, 1.807) is 24.3 Å². The Bertz CT molecular complexity index is 1650. The Morgan fingerprint density at radius 3 is 2.77 bits per heavy atom. The van der Waals surface area contributed by atoms with Crippen LogP contribution in [0, 0.1) is 24.1 Å². The van der Waals surface area contributed by atoms with Crippen LogP contribution < -0.4 is 10.2 Å². The van der Waals surface area contributed by atoms with Crippen molar-refractivity contribution in [3.8, 4) is 6.07 Å². The Morgan fingerprint density at radius 2 is 2.00 bits per heavy atom. The summed E-state index contributed by atoms with van der Waals surface area (Å²) in [6.07, 6.45) is 0.494. The van der Waals surface area contributed by atoms with Crippen LogP contribution in [-0.2, 0) is 23.2 Å². The first-order valence-electron chi connectivity index (χ1n) is 14.7. The van der Waals surface area contributed by atoms with Crippen molar-refractivity contribution >= 4 is 17.5 Å². The number of aryl methyl sites for hydroxylation is 1. The number of nitrogens with one attached hydrogen (secondary N) is 1. The average Bonchev–Trinajstić information content (AvgIpc) is 3.43. The number of aromatic nitrogens is 2. The van der Waals surface area contributed by atoms with Gasteiger partial charge in [-0.2, -0.15) is 15.5 Å². The molecule has 0 aliphatic carbocycles. The van der Waals surface area contributed by atoms with Crippen molar-refractivity contribution in [2.24, 2.45) is 0 Å². The number of hydrogen-bond acceptors (Lipinski definition) is 7. The average molecular weight is 582 g/mol. The van der Waals surface area contributed by atoms with Gasteiger partial charge in [0.2, 0.25) is 5.91 Å². The van der Waals surface area contributed by atoms with Crippen LogP contribution >= 0.6 is 0 Å². The molecule has 3 aromatic rings. The van der Waals surface area contributed by atoms with Crippen molar-refractivity contribution in [2.45, 2.75) is 58.2 Å². The van der Waals surface area contributed by atoms with E-state index in [-0.39, 0.29) is 41.7 Å². The zero-order valence-electron chi connectivity index (χ0n) is 25.0. The number of carbonyl (C=O) groups excluding carboxylic acids is 2. The number of carbonyl (C=O) groups is 2. The molecule has 2 aromatic carbocycles. The monoisotopic (exact) mass is 581 g/mol. The van der Waals surface area contributed by atoms with E-state index in [0.717, 1.165) is 33.8 Å². The molecule has 43 heavy (non-hydrogen) atoms. The molecule has 10 heteroatoms. The van der Waals surface area contributed by atoms with E-state index in [1.165, 1.54) is 12.1 Å². The summed E-state index contributed by atoms with van der Waals surface area (Å²) in [7, 11) is 0. The number of fused-ring (bicyclic) bond motifs is 2. The quantitative estimate of drug-likeness (QED) is 0.476. The lowest BCUT2D eigenvalue weighted by atomic mass is 9.91. The summed E-state index contributed by atoms with van der Waals surface area (Å²) in [5, 5.41) is 21.8. The van der Waals surface area contributed by atoms with Crippen LogP contribution in [-0.4, -0.2) is 76.6 Å². The van der Waals surface area contributed by atoms with Crippen molar-refractivity contribution in [1.29, 1.82) is 5.26 Å². The Balaban J connectivity index is 1.20. The lowest BCUT2D eigenvalue weighted by Crippen LogP contribution is -2.60. The van der Waals surface area contributed by atoms with Gasteiger partial charge in [0.1, 0.15) is 5.82 Å². The van der Waals surface area contributed by atoms with Gasteiger partial charge in [0.25, 0.3) is 5.91 Å². The molecule has 3 aliphatic rings. The third kappa shape index (κ3) is 5.63. The van der Waals surface area contributed by atoms with Crippen molar-refractivity contribution in [2.75, 3.05) is 37.6 Å². The SMILES string of the molecule is Cc1cc(F)ccc1Cc1cc2c(nn1)C(C)(C)CN2C(=O)CN1C[C@@H](C)NC[C@@H]1CN1Cc2cc(C#N)ccc2C1=O. The number of benzene rings is 2. The minimum atomic E-state index is -0.353. The molecule has 3 aliphatic heterocycles. The zero-order valence-corrected chi connectivity index (χ0v) is 25.0. The van der Waals surface area contributed by atoms with E-state index in [2.05, 4.69) is 47.3 Å². The molecular formula is C33H36FN7O2. The third-order valence-corrected chi connectivity index (χ3v) is 8.90. The lowest BCUT2D eigenvalue weighted by molar-refractivity contribution is -0.120.